The predicted octanol–water partition coefficient (Wildman–Crippen LogP) is 5.68. The maximum absolute atomic E-state index is 13.2. The van der Waals surface area contributed by atoms with Crippen LogP contribution in [0.2, 0.25) is 5.02 Å². The van der Waals surface area contributed by atoms with Crippen LogP contribution in [0.5, 0.6) is 11.5 Å². The van der Waals surface area contributed by atoms with Gasteiger partial charge in [-0.1, -0.05) is 18.5 Å². The van der Waals surface area contributed by atoms with Gasteiger partial charge < -0.3 is 10.5 Å². The molecule has 2 aromatic rings. The van der Waals surface area contributed by atoms with Gasteiger partial charge in [-0.05, 0) is 55.7 Å². The second-order valence-corrected chi connectivity index (χ2v) is 5.84. The summed E-state index contributed by atoms with van der Waals surface area (Å²) < 4.78 is 19.0. The summed E-state index contributed by atoms with van der Waals surface area (Å²) in [6, 6.07) is 8.10. The molecule has 0 atom stereocenters. The fraction of sp³-hybridized carbons (Fsp3) is 0.278. The maximum Gasteiger partial charge on any atom is 0.142 e. The van der Waals surface area contributed by atoms with E-state index in [-0.39, 0.29) is 5.02 Å². The zero-order valence-corrected chi connectivity index (χ0v) is 14.2. The minimum Gasteiger partial charge on any atom is -0.457 e. The first-order chi connectivity index (χ1) is 10.9. The Kier molecular flexibility index (Phi) is 5.61. The van der Waals surface area contributed by atoms with Crippen molar-refractivity contribution < 1.29 is 9.13 Å². The Bertz CT molecular complexity index is 744. The number of aryl methyl sites for hydroxylation is 2. The van der Waals surface area contributed by atoms with E-state index in [1.807, 2.05) is 26.0 Å². The van der Waals surface area contributed by atoms with Crippen molar-refractivity contribution in [3.63, 3.8) is 0 Å². The third-order valence-electron chi connectivity index (χ3n) is 3.38. The van der Waals surface area contributed by atoms with Crippen LogP contribution in [0.15, 0.2) is 35.3 Å². The van der Waals surface area contributed by atoms with Crippen LogP contribution in [-0.2, 0) is 0 Å². The summed E-state index contributed by atoms with van der Waals surface area (Å²) in [6.45, 7) is 5.93. The molecule has 2 rings (SSSR count). The van der Waals surface area contributed by atoms with E-state index in [0.717, 1.165) is 29.7 Å². The average Bonchev–Trinajstić information content (AvgIpc) is 2.48. The van der Waals surface area contributed by atoms with Gasteiger partial charge in [-0.2, -0.15) is 0 Å². The van der Waals surface area contributed by atoms with Crippen molar-refractivity contribution in [3.8, 4) is 11.5 Å². The number of amidine groups is 1. The van der Waals surface area contributed by atoms with E-state index in [0.29, 0.717) is 17.3 Å². The fourth-order valence-electron chi connectivity index (χ4n) is 2.14. The number of ether oxygens (including phenoxy) is 1. The molecule has 0 bridgehead atoms. The first-order valence-electron chi connectivity index (χ1n) is 7.48. The summed E-state index contributed by atoms with van der Waals surface area (Å²) in [4.78, 5) is 4.45. The number of nitrogens with zero attached hydrogens (tertiary/aromatic N) is 1. The standard InChI is InChI=1S/C18H20ClFN2O/c1-4-5-18(21)22-16-8-12(3)17(9-11(16)2)23-13-6-7-15(20)14(19)10-13/h6-10H,4-5H2,1-3H3,(H2,21,22). The molecule has 23 heavy (non-hydrogen) atoms. The van der Waals surface area contributed by atoms with Gasteiger partial charge in [-0.3, -0.25) is 0 Å². The SMILES string of the molecule is CCCC(N)=Nc1cc(C)c(Oc2ccc(F)c(Cl)c2)cc1C. The smallest absolute Gasteiger partial charge is 0.142 e. The number of rotatable bonds is 5. The first-order valence-corrected chi connectivity index (χ1v) is 7.85. The lowest BCUT2D eigenvalue weighted by Gasteiger charge is -2.12. The molecule has 0 amide bonds. The summed E-state index contributed by atoms with van der Waals surface area (Å²) in [6.07, 6.45) is 1.73. The van der Waals surface area contributed by atoms with E-state index >= 15 is 0 Å². The van der Waals surface area contributed by atoms with Crippen molar-refractivity contribution in [2.75, 3.05) is 0 Å². The highest BCUT2D eigenvalue weighted by Crippen LogP contribution is 2.32. The van der Waals surface area contributed by atoms with Gasteiger partial charge in [0.15, 0.2) is 0 Å². The van der Waals surface area contributed by atoms with Crippen molar-refractivity contribution in [3.05, 3.63) is 52.3 Å². The Hall–Kier alpha value is -2.07. The van der Waals surface area contributed by atoms with Crippen LogP contribution in [0.1, 0.15) is 30.9 Å². The van der Waals surface area contributed by atoms with E-state index in [4.69, 9.17) is 22.1 Å². The zero-order chi connectivity index (χ0) is 17.0. The lowest BCUT2D eigenvalue weighted by atomic mass is 10.1. The highest BCUT2D eigenvalue weighted by molar-refractivity contribution is 6.30. The molecule has 3 nitrogen and oxygen atoms in total. The summed E-state index contributed by atoms with van der Waals surface area (Å²) in [5.41, 5.74) is 8.60. The molecule has 0 spiro atoms. The molecule has 0 radical (unpaired) electrons. The van der Waals surface area contributed by atoms with Gasteiger partial charge in [-0.15, -0.1) is 0 Å². The van der Waals surface area contributed by atoms with E-state index in [9.17, 15) is 4.39 Å². The van der Waals surface area contributed by atoms with Gasteiger partial charge >= 0.3 is 0 Å². The van der Waals surface area contributed by atoms with Crippen molar-refractivity contribution in [2.24, 2.45) is 10.7 Å². The molecule has 2 aromatic carbocycles. The topological polar surface area (TPSA) is 47.6 Å². The minimum atomic E-state index is -0.469. The van der Waals surface area contributed by atoms with Crippen LogP contribution in [0.4, 0.5) is 10.1 Å². The van der Waals surface area contributed by atoms with Gasteiger partial charge in [0.25, 0.3) is 0 Å². The van der Waals surface area contributed by atoms with E-state index in [1.54, 1.807) is 6.07 Å². The van der Waals surface area contributed by atoms with Crippen molar-refractivity contribution in [2.45, 2.75) is 33.6 Å². The molecule has 5 heteroatoms. The normalized spacial score (nSPS) is 11.6. The van der Waals surface area contributed by atoms with Crippen LogP contribution in [0.25, 0.3) is 0 Å². The number of halogens is 2. The Morgan fingerprint density at radius 3 is 2.61 bits per heavy atom. The highest BCUT2D eigenvalue weighted by atomic mass is 35.5. The van der Waals surface area contributed by atoms with Gasteiger partial charge in [0.1, 0.15) is 17.3 Å². The molecule has 0 saturated heterocycles. The lowest BCUT2D eigenvalue weighted by Crippen LogP contribution is -2.10. The average molecular weight is 335 g/mol. The third-order valence-corrected chi connectivity index (χ3v) is 3.67. The number of benzene rings is 2. The number of nitrogens with two attached hydrogens (primary N) is 1. The molecule has 0 unspecified atom stereocenters. The number of hydrogen-bond acceptors (Lipinski definition) is 2. The minimum absolute atomic E-state index is 0.0328. The van der Waals surface area contributed by atoms with Gasteiger partial charge in [0.05, 0.1) is 16.5 Å². The van der Waals surface area contributed by atoms with E-state index in [2.05, 4.69) is 11.9 Å². The highest BCUT2D eigenvalue weighted by Gasteiger charge is 2.08. The molecule has 0 saturated carbocycles. The van der Waals surface area contributed by atoms with Crippen LogP contribution in [0.3, 0.4) is 0 Å². The Morgan fingerprint density at radius 1 is 1.22 bits per heavy atom. The van der Waals surface area contributed by atoms with Gasteiger partial charge in [0.2, 0.25) is 0 Å². The Labute approximate surface area is 140 Å². The molecule has 0 aromatic heterocycles. The number of aliphatic imine (C=N–C) groups is 1. The summed E-state index contributed by atoms with van der Waals surface area (Å²) in [5, 5.41) is 0.0328. The molecule has 0 aliphatic heterocycles. The molecular weight excluding hydrogens is 315 g/mol. The molecule has 0 fully saturated rings. The van der Waals surface area contributed by atoms with Crippen LogP contribution >= 0.6 is 11.6 Å². The first kappa shape index (κ1) is 17.3. The number of hydrogen-bond donors (Lipinski definition) is 1. The fourth-order valence-corrected chi connectivity index (χ4v) is 2.31. The van der Waals surface area contributed by atoms with Crippen LogP contribution < -0.4 is 10.5 Å². The molecule has 0 aliphatic carbocycles. The monoisotopic (exact) mass is 334 g/mol. The van der Waals surface area contributed by atoms with E-state index < -0.39 is 5.82 Å². The Morgan fingerprint density at radius 2 is 1.96 bits per heavy atom. The molecule has 0 heterocycles. The predicted molar refractivity (Wildman–Crippen MR) is 93.6 cm³/mol. The summed E-state index contributed by atoms with van der Waals surface area (Å²) in [7, 11) is 0. The lowest BCUT2D eigenvalue weighted by molar-refractivity contribution is 0.476. The third kappa shape index (κ3) is 4.45. The van der Waals surface area contributed by atoms with Crippen molar-refractivity contribution in [1.29, 1.82) is 0 Å². The summed E-state index contributed by atoms with van der Waals surface area (Å²) in [5.74, 6) is 1.32. The maximum atomic E-state index is 13.2. The van der Waals surface area contributed by atoms with Gasteiger partial charge in [-0.25, -0.2) is 9.38 Å². The van der Waals surface area contributed by atoms with Crippen molar-refractivity contribution >= 4 is 23.1 Å². The quantitative estimate of drug-likeness (QED) is 0.565. The zero-order valence-electron chi connectivity index (χ0n) is 13.5. The second kappa shape index (κ2) is 7.47. The summed E-state index contributed by atoms with van der Waals surface area (Å²) >= 11 is 5.78. The Balaban J connectivity index is 2.29. The largest absolute Gasteiger partial charge is 0.457 e. The van der Waals surface area contributed by atoms with Crippen molar-refractivity contribution in [1.82, 2.24) is 0 Å². The van der Waals surface area contributed by atoms with E-state index in [1.165, 1.54) is 12.1 Å². The molecular formula is C18H20ClFN2O. The van der Waals surface area contributed by atoms with Crippen LogP contribution in [-0.4, -0.2) is 5.84 Å². The molecule has 122 valence electrons. The second-order valence-electron chi connectivity index (χ2n) is 5.44. The van der Waals surface area contributed by atoms with Crippen LogP contribution in [0, 0.1) is 19.7 Å². The molecule has 2 N–H and O–H groups in total. The van der Waals surface area contributed by atoms with Gasteiger partial charge in [0, 0.05) is 12.5 Å². The molecule has 0 aliphatic rings.